The highest BCUT2D eigenvalue weighted by molar-refractivity contribution is 7.99. The molecule has 100 valence electrons. The smallest absolute Gasteiger partial charge is 0.232 e. The summed E-state index contributed by atoms with van der Waals surface area (Å²) in [4.78, 5) is 4.55. The third-order valence-electron chi connectivity index (χ3n) is 3.97. The van der Waals surface area contributed by atoms with Crippen LogP contribution in [0.15, 0.2) is 4.52 Å². The number of aliphatic hydroxyl groups is 1. The van der Waals surface area contributed by atoms with Crippen LogP contribution in [0.4, 0.5) is 0 Å². The predicted molar refractivity (Wildman–Crippen MR) is 70.6 cm³/mol. The highest BCUT2D eigenvalue weighted by atomic mass is 32.2. The van der Waals surface area contributed by atoms with E-state index in [4.69, 9.17) is 4.52 Å². The van der Waals surface area contributed by atoms with Gasteiger partial charge in [0.05, 0.1) is 17.3 Å². The molecule has 5 heteroatoms. The number of aromatic nitrogens is 2. The summed E-state index contributed by atoms with van der Waals surface area (Å²) in [7, 11) is 0. The highest BCUT2D eigenvalue weighted by Gasteiger charge is 2.30. The van der Waals surface area contributed by atoms with Gasteiger partial charge in [-0.2, -0.15) is 16.7 Å². The van der Waals surface area contributed by atoms with Crippen molar-refractivity contribution in [2.45, 2.75) is 62.2 Å². The van der Waals surface area contributed by atoms with Gasteiger partial charge in [-0.1, -0.05) is 24.4 Å². The summed E-state index contributed by atoms with van der Waals surface area (Å²) in [6, 6.07) is 0. The first-order chi connectivity index (χ1) is 8.84. The summed E-state index contributed by atoms with van der Waals surface area (Å²) in [5.74, 6) is 2.75. The second kappa shape index (κ2) is 5.61. The molecular formula is C13H20N2O2S. The van der Waals surface area contributed by atoms with E-state index in [1.807, 2.05) is 11.8 Å². The van der Waals surface area contributed by atoms with E-state index in [0.29, 0.717) is 11.1 Å². The van der Waals surface area contributed by atoms with Crippen molar-refractivity contribution >= 4 is 11.8 Å². The summed E-state index contributed by atoms with van der Waals surface area (Å²) in [6.07, 6.45) is 7.50. The van der Waals surface area contributed by atoms with Gasteiger partial charge in [0, 0.05) is 0 Å². The van der Waals surface area contributed by atoms with Crippen LogP contribution < -0.4 is 0 Å². The number of thioether (sulfide) groups is 1. The lowest BCUT2D eigenvalue weighted by Gasteiger charge is -2.24. The quantitative estimate of drug-likeness (QED) is 0.893. The maximum atomic E-state index is 10.0. The van der Waals surface area contributed by atoms with Gasteiger partial charge in [0.1, 0.15) is 0 Å². The van der Waals surface area contributed by atoms with E-state index in [-0.39, 0.29) is 12.0 Å². The minimum absolute atomic E-state index is 0.0635. The second-order valence-electron chi connectivity index (χ2n) is 5.30. The Hall–Kier alpha value is -0.550. The Morgan fingerprint density at radius 1 is 1.11 bits per heavy atom. The van der Waals surface area contributed by atoms with E-state index in [1.54, 1.807) is 0 Å². The lowest BCUT2D eigenvalue weighted by atomic mass is 9.86. The summed E-state index contributed by atoms with van der Waals surface area (Å²) >= 11 is 1.93. The molecule has 2 aliphatic rings. The fourth-order valence-electron chi connectivity index (χ4n) is 2.87. The van der Waals surface area contributed by atoms with Crippen LogP contribution in [-0.4, -0.2) is 27.1 Å². The van der Waals surface area contributed by atoms with Gasteiger partial charge in [0.2, 0.25) is 5.89 Å². The number of aliphatic hydroxyl groups excluding tert-OH is 1. The van der Waals surface area contributed by atoms with Crippen molar-refractivity contribution in [2.24, 2.45) is 0 Å². The first kappa shape index (κ1) is 12.5. The first-order valence-electron chi connectivity index (χ1n) is 6.98. The summed E-state index contributed by atoms with van der Waals surface area (Å²) in [5.41, 5.74) is 0. The van der Waals surface area contributed by atoms with Crippen LogP contribution in [-0.2, 0) is 0 Å². The molecule has 3 unspecified atom stereocenters. The maximum Gasteiger partial charge on any atom is 0.232 e. The van der Waals surface area contributed by atoms with Crippen molar-refractivity contribution < 1.29 is 9.63 Å². The van der Waals surface area contributed by atoms with E-state index < -0.39 is 0 Å². The van der Waals surface area contributed by atoms with Gasteiger partial charge in [-0.25, -0.2) is 0 Å². The average molecular weight is 268 g/mol. The van der Waals surface area contributed by atoms with Crippen LogP contribution in [0.1, 0.15) is 67.8 Å². The summed E-state index contributed by atoms with van der Waals surface area (Å²) < 4.78 is 5.39. The number of nitrogens with zero attached hydrogens (tertiary/aromatic N) is 2. The molecule has 0 radical (unpaired) electrons. The molecular weight excluding hydrogens is 248 g/mol. The van der Waals surface area contributed by atoms with Gasteiger partial charge in [-0.15, -0.1) is 0 Å². The number of hydrogen-bond donors (Lipinski definition) is 1. The Morgan fingerprint density at radius 3 is 2.72 bits per heavy atom. The minimum atomic E-state index is -0.300. The van der Waals surface area contributed by atoms with Crippen LogP contribution >= 0.6 is 11.8 Å². The van der Waals surface area contributed by atoms with Crippen molar-refractivity contribution in [3.8, 4) is 0 Å². The van der Waals surface area contributed by atoms with Crippen LogP contribution in [0.3, 0.4) is 0 Å². The predicted octanol–water partition coefficient (Wildman–Crippen LogP) is 3.05. The van der Waals surface area contributed by atoms with Gasteiger partial charge in [0.15, 0.2) is 5.82 Å². The molecule has 3 atom stereocenters. The molecule has 0 aromatic carbocycles. The van der Waals surface area contributed by atoms with Gasteiger partial charge >= 0.3 is 0 Å². The van der Waals surface area contributed by atoms with E-state index in [0.717, 1.165) is 37.9 Å². The standard InChI is InChI=1S/C13H20N2O2S/c16-10-6-2-1-5-9(10)13-14-12(15-17-13)11-7-3-4-8-18-11/h9-11,16H,1-8H2. The normalized spacial score (nSPS) is 33.5. The van der Waals surface area contributed by atoms with E-state index >= 15 is 0 Å². The maximum absolute atomic E-state index is 10.0. The zero-order valence-corrected chi connectivity index (χ0v) is 11.4. The fraction of sp³-hybridized carbons (Fsp3) is 0.846. The molecule has 4 nitrogen and oxygen atoms in total. The molecule has 0 bridgehead atoms. The van der Waals surface area contributed by atoms with Crippen molar-refractivity contribution in [3.63, 3.8) is 0 Å². The Morgan fingerprint density at radius 2 is 1.94 bits per heavy atom. The van der Waals surface area contributed by atoms with Crippen molar-refractivity contribution in [2.75, 3.05) is 5.75 Å². The van der Waals surface area contributed by atoms with Crippen molar-refractivity contribution in [1.82, 2.24) is 10.1 Å². The third-order valence-corrected chi connectivity index (χ3v) is 5.35. The Labute approximate surface area is 112 Å². The van der Waals surface area contributed by atoms with Crippen LogP contribution in [0.25, 0.3) is 0 Å². The van der Waals surface area contributed by atoms with Crippen LogP contribution in [0, 0.1) is 0 Å². The second-order valence-corrected chi connectivity index (χ2v) is 6.61. The molecule has 0 spiro atoms. The molecule has 1 aliphatic heterocycles. The van der Waals surface area contributed by atoms with Crippen molar-refractivity contribution in [3.05, 3.63) is 11.7 Å². The van der Waals surface area contributed by atoms with Crippen LogP contribution in [0.2, 0.25) is 0 Å². The average Bonchev–Trinajstić information content (AvgIpc) is 2.90. The molecule has 1 N–H and O–H groups in total. The zero-order chi connectivity index (χ0) is 12.4. The first-order valence-corrected chi connectivity index (χ1v) is 8.02. The van der Waals surface area contributed by atoms with E-state index in [1.165, 1.54) is 18.6 Å². The topological polar surface area (TPSA) is 59.2 Å². The monoisotopic (exact) mass is 268 g/mol. The number of rotatable bonds is 2. The Kier molecular flexibility index (Phi) is 3.89. The fourth-order valence-corrected chi connectivity index (χ4v) is 4.11. The zero-order valence-electron chi connectivity index (χ0n) is 10.5. The summed E-state index contributed by atoms with van der Waals surface area (Å²) in [6.45, 7) is 0. The molecule has 1 saturated carbocycles. The van der Waals surface area contributed by atoms with E-state index in [2.05, 4.69) is 10.1 Å². The van der Waals surface area contributed by atoms with E-state index in [9.17, 15) is 5.11 Å². The molecule has 18 heavy (non-hydrogen) atoms. The van der Waals surface area contributed by atoms with Crippen molar-refractivity contribution in [1.29, 1.82) is 0 Å². The molecule has 0 amide bonds. The van der Waals surface area contributed by atoms with Gasteiger partial charge in [-0.05, 0) is 31.4 Å². The molecule has 2 fully saturated rings. The largest absolute Gasteiger partial charge is 0.392 e. The molecule has 1 aliphatic carbocycles. The molecule has 1 aromatic rings. The third kappa shape index (κ3) is 2.57. The van der Waals surface area contributed by atoms with Crippen LogP contribution in [0.5, 0.6) is 0 Å². The van der Waals surface area contributed by atoms with Gasteiger partial charge < -0.3 is 9.63 Å². The Balaban J connectivity index is 1.71. The Bertz CT molecular complexity index is 390. The SMILES string of the molecule is OC1CCCCC1c1nc(C2CCCCS2)no1. The molecule has 3 rings (SSSR count). The lowest BCUT2D eigenvalue weighted by molar-refractivity contribution is 0.0908. The molecule has 1 saturated heterocycles. The summed E-state index contributed by atoms with van der Waals surface area (Å²) in [5, 5.41) is 14.5. The highest BCUT2D eigenvalue weighted by Crippen LogP contribution is 2.38. The van der Waals surface area contributed by atoms with Gasteiger partial charge in [0.25, 0.3) is 0 Å². The lowest BCUT2D eigenvalue weighted by Crippen LogP contribution is -2.22. The van der Waals surface area contributed by atoms with Gasteiger partial charge in [-0.3, -0.25) is 0 Å². The number of hydrogen-bond acceptors (Lipinski definition) is 5. The minimum Gasteiger partial charge on any atom is -0.392 e. The molecule has 2 heterocycles. The molecule has 1 aromatic heterocycles.